The number of fused-ring (bicyclic) bond motifs is 3. The molecule has 4 nitrogen and oxygen atoms in total. The molecule has 166 valence electrons. The molecule has 5 rings (SSSR count). The molecule has 1 N–H and O–H groups in total. The van der Waals surface area contributed by atoms with Gasteiger partial charge in [-0.2, -0.15) is 5.10 Å². The fourth-order valence-electron chi connectivity index (χ4n) is 4.80. The summed E-state index contributed by atoms with van der Waals surface area (Å²) in [6, 6.07) is 6.36. The predicted molar refractivity (Wildman–Crippen MR) is 119 cm³/mol. The van der Waals surface area contributed by atoms with Crippen molar-refractivity contribution < 1.29 is 13.5 Å². The molecule has 3 heterocycles. The lowest BCUT2D eigenvalue weighted by atomic mass is 9.85. The second-order valence-corrected chi connectivity index (χ2v) is 8.32. The normalized spacial score (nSPS) is 23.2. The molecule has 0 bridgehead atoms. The van der Waals surface area contributed by atoms with Crippen LogP contribution in [0.15, 0.2) is 30.5 Å². The molecule has 6 heteroatoms. The van der Waals surface area contributed by atoms with Gasteiger partial charge in [-0.1, -0.05) is 19.9 Å². The van der Waals surface area contributed by atoms with Gasteiger partial charge in [0, 0.05) is 23.6 Å². The van der Waals surface area contributed by atoms with E-state index in [-0.39, 0.29) is 17.8 Å². The van der Waals surface area contributed by atoms with Crippen LogP contribution in [0.1, 0.15) is 74.6 Å². The summed E-state index contributed by atoms with van der Waals surface area (Å²) in [5.74, 6) is -1.02. The highest BCUT2D eigenvalue weighted by Crippen LogP contribution is 2.38. The van der Waals surface area contributed by atoms with E-state index in [2.05, 4.69) is 10.4 Å². The number of benzene rings is 2. The fourth-order valence-corrected chi connectivity index (χ4v) is 4.80. The van der Waals surface area contributed by atoms with Gasteiger partial charge in [-0.3, -0.25) is 0 Å². The van der Waals surface area contributed by atoms with Crippen molar-refractivity contribution in [2.45, 2.75) is 71.7 Å². The predicted octanol–water partition coefficient (Wildman–Crippen LogP) is 5.97. The number of aryl methyl sites for hydroxylation is 1. The van der Waals surface area contributed by atoms with Gasteiger partial charge in [0.05, 0.1) is 17.8 Å². The first-order valence-corrected chi connectivity index (χ1v) is 11.3. The molecule has 1 fully saturated rings. The molecule has 0 spiro atoms. The van der Waals surface area contributed by atoms with Gasteiger partial charge in [0.1, 0.15) is 11.6 Å². The first-order chi connectivity index (χ1) is 15.0. The van der Waals surface area contributed by atoms with Crippen LogP contribution in [0.3, 0.4) is 0 Å². The van der Waals surface area contributed by atoms with Crippen molar-refractivity contribution in [1.82, 2.24) is 15.1 Å². The number of ether oxygens (including phenoxy) is 1. The zero-order valence-electron chi connectivity index (χ0n) is 18.7. The van der Waals surface area contributed by atoms with Crippen molar-refractivity contribution in [2.75, 3.05) is 6.61 Å². The monoisotopic (exact) mass is 427 g/mol. The molecule has 0 radical (unpaired) electrons. The third kappa shape index (κ3) is 3.99. The molecule has 0 saturated carbocycles. The van der Waals surface area contributed by atoms with Crippen LogP contribution in [-0.2, 0) is 11.2 Å². The van der Waals surface area contributed by atoms with Gasteiger partial charge in [-0.15, -0.1) is 0 Å². The summed E-state index contributed by atoms with van der Waals surface area (Å²) in [7, 11) is 0. The standard InChI is InChI=1S/C23H25F2N3O.C2H6/c1-13-9-18(24)22(19(25)10-13)23-15-6-7-20-17(16(15)11-14(2)27-23)12-26-28(20)21-5-3-4-8-29-21;1-2/h6-7,9-10,12,14,21,23,27H,3-5,8,11H2,1-2H3;1-2H3. The molecule has 3 atom stereocenters. The van der Waals surface area contributed by atoms with Crippen molar-refractivity contribution in [1.29, 1.82) is 0 Å². The van der Waals surface area contributed by atoms with Crippen LogP contribution in [0.2, 0.25) is 0 Å². The maximum atomic E-state index is 14.8. The van der Waals surface area contributed by atoms with Gasteiger partial charge < -0.3 is 10.1 Å². The first kappa shape index (κ1) is 21.9. The Morgan fingerprint density at radius 1 is 1.13 bits per heavy atom. The zero-order chi connectivity index (χ0) is 22.1. The molecule has 2 aliphatic heterocycles. The topological polar surface area (TPSA) is 39.1 Å². The minimum Gasteiger partial charge on any atom is -0.356 e. The summed E-state index contributed by atoms with van der Waals surface area (Å²) in [5.41, 5.74) is 3.72. The maximum Gasteiger partial charge on any atom is 0.150 e. The Bertz CT molecular complexity index is 1050. The number of hydrogen-bond donors (Lipinski definition) is 1. The number of halogens is 2. The highest BCUT2D eigenvalue weighted by molar-refractivity contribution is 5.84. The second-order valence-electron chi connectivity index (χ2n) is 8.32. The third-order valence-electron chi connectivity index (χ3n) is 6.14. The molecule has 1 aromatic heterocycles. The van der Waals surface area contributed by atoms with Crippen molar-refractivity contribution in [3.8, 4) is 0 Å². The minimum absolute atomic E-state index is 0.0405. The lowest BCUT2D eigenvalue weighted by Crippen LogP contribution is -2.38. The Kier molecular flexibility index (Phi) is 6.39. The maximum absolute atomic E-state index is 14.8. The summed E-state index contributed by atoms with van der Waals surface area (Å²) in [4.78, 5) is 0. The average Bonchev–Trinajstić information content (AvgIpc) is 3.20. The highest BCUT2D eigenvalue weighted by Gasteiger charge is 2.31. The molecule has 2 aliphatic rings. The van der Waals surface area contributed by atoms with Crippen molar-refractivity contribution >= 4 is 10.9 Å². The molecule has 0 amide bonds. The average molecular weight is 428 g/mol. The summed E-state index contributed by atoms with van der Waals surface area (Å²) in [6.07, 6.45) is 5.80. The highest BCUT2D eigenvalue weighted by atomic mass is 19.1. The van der Waals surface area contributed by atoms with Crippen molar-refractivity contribution in [2.24, 2.45) is 0 Å². The fraction of sp³-hybridized carbons (Fsp3) is 0.480. The quantitative estimate of drug-likeness (QED) is 0.547. The van der Waals surface area contributed by atoms with E-state index in [1.54, 1.807) is 6.92 Å². The van der Waals surface area contributed by atoms with Crippen LogP contribution in [0.5, 0.6) is 0 Å². The molecule has 3 unspecified atom stereocenters. The van der Waals surface area contributed by atoms with Crippen LogP contribution in [0.25, 0.3) is 10.9 Å². The van der Waals surface area contributed by atoms with Crippen molar-refractivity contribution in [3.63, 3.8) is 0 Å². The van der Waals surface area contributed by atoms with E-state index in [9.17, 15) is 8.78 Å². The number of rotatable bonds is 2. The Morgan fingerprint density at radius 3 is 2.55 bits per heavy atom. The second kappa shape index (κ2) is 9.05. The van der Waals surface area contributed by atoms with Crippen LogP contribution in [0.4, 0.5) is 8.78 Å². The molecule has 2 aromatic carbocycles. The largest absolute Gasteiger partial charge is 0.356 e. The van der Waals surface area contributed by atoms with Crippen molar-refractivity contribution in [3.05, 3.63) is 64.4 Å². The zero-order valence-corrected chi connectivity index (χ0v) is 18.7. The number of nitrogens with one attached hydrogen (secondary N) is 1. The minimum atomic E-state index is -0.520. The molecular formula is C25H31F2N3O. The lowest BCUT2D eigenvalue weighted by Gasteiger charge is -2.33. The van der Waals surface area contributed by atoms with Crippen LogP contribution < -0.4 is 5.32 Å². The first-order valence-electron chi connectivity index (χ1n) is 11.3. The van der Waals surface area contributed by atoms with E-state index in [0.29, 0.717) is 5.56 Å². The number of aromatic nitrogens is 2. The Hall–Kier alpha value is -2.31. The molecule has 31 heavy (non-hydrogen) atoms. The molecule has 3 aromatic rings. The van der Waals surface area contributed by atoms with E-state index < -0.39 is 17.7 Å². The molecule has 1 saturated heterocycles. The van der Waals surface area contributed by atoms with E-state index in [1.807, 2.05) is 43.8 Å². The van der Waals surface area contributed by atoms with Gasteiger partial charge in [-0.25, -0.2) is 13.5 Å². The number of nitrogens with zero attached hydrogens (tertiary/aromatic N) is 2. The van der Waals surface area contributed by atoms with Crippen LogP contribution in [0, 0.1) is 18.6 Å². The van der Waals surface area contributed by atoms with E-state index in [1.165, 1.54) is 12.1 Å². The van der Waals surface area contributed by atoms with E-state index >= 15 is 0 Å². The van der Waals surface area contributed by atoms with E-state index in [4.69, 9.17) is 4.74 Å². The van der Waals surface area contributed by atoms with E-state index in [0.717, 1.165) is 54.3 Å². The van der Waals surface area contributed by atoms with Crippen LogP contribution in [-0.4, -0.2) is 22.4 Å². The van der Waals surface area contributed by atoms with Gasteiger partial charge in [-0.05, 0) is 74.4 Å². The lowest BCUT2D eigenvalue weighted by molar-refractivity contribution is -0.0366. The smallest absolute Gasteiger partial charge is 0.150 e. The van der Waals surface area contributed by atoms with Gasteiger partial charge in [0.2, 0.25) is 0 Å². The SMILES string of the molecule is CC.Cc1cc(F)c(C2NC(C)Cc3c2ccc2c3cnn2C2CCCCO2)c(F)c1. The van der Waals surface area contributed by atoms with Gasteiger partial charge in [0.25, 0.3) is 0 Å². The van der Waals surface area contributed by atoms with Gasteiger partial charge in [0.15, 0.2) is 6.23 Å². The summed E-state index contributed by atoms with van der Waals surface area (Å²) >= 11 is 0. The van der Waals surface area contributed by atoms with Gasteiger partial charge >= 0.3 is 0 Å². The molecule has 0 aliphatic carbocycles. The number of hydrogen-bond acceptors (Lipinski definition) is 3. The summed E-state index contributed by atoms with van der Waals surface area (Å²) in [5, 5.41) is 9.06. The van der Waals surface area contributed by atoms with Crippen LogP contribution >= 0.6 is 0 Å². The summed E-state index contributed by atoms with van der Waals surface area (Å²) < 4.78 is 37.4. The Labute approximate surface area is 182 Å². The third-order valence-corrected chi connectivity index (χ3v) is 6.14. The molecular weight excluding hydrogens is 396 g/mol. The Morgan fingerprint density at radius 2 is 1.87 bits per heavy atom. The summed E-state index contributed by atoms with van der Waals surface area (Å²) in [6.45, 7) is 8.51. The Balaban J connectivity index is 0.00000112.